The Morgan fingerprint density at radius 3 is 2.53 bits per heavy atom. The van der Waals surface area contributed by atoms with Gasteiger partial charge in [-0.25, -0.2) is 4.79 Å². The molecule has 2 atom stereocenters. The van der Waals surface area contributed by atoms with E-state index in [1.165, 1.54) is 0 Å². The molecule has 3 aromatic carbocycles. The lowest BCUT2D eigenvalue weighted by Gasteiger charge is -2.48. The standard InChI is InChI=1S/C34H35N7O4/c1-2-3-7-25-18-32(43)41-30(17-23-10-13-27(42)14-11-23)33(44)39(20-26-12-15-28-29(16-26)37-38-36-28)22-31(41)40(21-25)34(45)35-19-24-8-5-4-6-9-24/h2,4-6,8-16,21,30-31,42H,1,3,7,17-20,22H2,(H,35,45)(H,36,37,38)/t30-,31+/m0/s1. The molecule has 0 saturated carbocycles. The van der Waals surface area contributed by atoms with E-state index in [0.717, 1.165) is 22.3 Å². The second-order valence-corrected chi connectivity index (χ2v) is 11.4. The van der Waals surface area contributed by atoms with Crippen molar-refractivity contribution in [2.24, 2.45) is 0 Å². The van der Waals surface area contributed by atoms with Gasteiger partial charge < -0.3 is 20.2 Å². The smallest absolute Gasteiger partial charge is 0.323 e. The number of carbonyl (C=O) groups is 3. The van der Waals surface area contributed by atoms with Gasteiger partial charge in [0.05, 0.1) is 6.54 Å². The monoisotopic (exact) mass is 605 g/mol. The Balaban J connectivity index is 1.37. The molecule has 2 aliphatic rings. The fourth-order valence-corrected chi connectivity index (χ4v) is 5.98. The van der Waals surface area contributed by atoms with Crippen LogP contribution in [0.2, 0.25) is 0 Å². The summed E-state index contributed by atoms with van der Waals surface area (Å²) in [5.74, 6) is -0.318. The molecule has 1 aromatic heterocycles. The Morgan fingerprint density at radius 2 is 1.76 bits per heavy atom. The number of aromatic nitrogens is 3. The first-order chi connectivity index (χ1) is 21.9. The molecule has 4 aromatic rings. The Morgan fingerprint density at radius 1 is 1.00 bits per heavy atom. The number of hydrogen-bond acceptors (Lipinski definition) is 6. The van der Waals surface area contributed by atoms with E-state index in [0.29, 0.717) is 30.4 Å². The number of urea groups is 1. The van der Waals surface area contributed by atoms with E-state index in [-0.39, 0.29) is 49.5 Å². The van der Waals surface area contributed by atoms with E-state index in [1.807, 2.05) is 48.5 Å². The lowest BCUT2D eigenvalue weighted by atomic mass is 9.98. The minimum Gasteiger partial charge on any atom is -0.508 e. The van der Waals surface area contributed by atoms with Gasteiger partial charge >= 0.3 is 6.03 Å². The number of aromatic amines is 1. The van der Waals surface area contributed by atoms with Crippen LogP contribution >= 0.6 is 0 Å². The molecule has 0 aliphatic carbocycles. The fourth-order valence-electron chi connectivity index (χ4n) is 5.98. The number of benzene rings is 3. The maximum Gasteiger partial charge on any atom is 0.323 e. The van der Waals surface area contributed by atoms with E-state index in [1.54, 1.807) is 51.2 Å². The first kappa shape index (κ1) is 29.6. The van der Waals surface area contributed by atoms with E-state index in [2.05, 4.69) is 27.3 Å². The largest absolute Gasteiger partial charge is 0.508 e. The van der Waals surface area contributed by atoms with Gasteiger partial charge in [-0.2, -0.15) is 15.4 Å². The average Bonchev–Trinajstić information content (AvgIpc) is 3.47. The third-order valence-corrected chi connectivity index (χ3v) is 8.26. The Bertz CT molecular complexity index is 1730. The van der Waals surface area contributed by atoms with Crippen LogP contribution in [0.15, 0.2) is 97.2 Å². The van der Waals surface area contributed by atoms with E-state index in [9.17, 15) is 19.5 Å². The summed E-state index contributed by atoms with van der Waals surface area (Å²) < 4.78 is 0. The van der Waals surface area contributed by atoms with E-state index in [4.69, 9.17) is 0 Å². The molecule has 11 nitrogen and oxygen atoms in total. The van der Waals surface area contributed by atoms with Crippen molar-refractivity contribution in [3.63, 3.8) is 0 Å². The molecule has 1 fully saturated rings. The number of carbonyl (C=O) groups excluding carboxylic acids is 3. The van der Waals surface area contributed by atoms with Gasteiger partial charge in [0.2, 0.25) is 11.8 Å². The number of nitrogens with zero attached hydrogens (tertiary/aromatic N) is 5. The van der Waals surface area contributed by atoms with Gasteiger partial charge in [0.25, 0.3) is 0 Å². The molecule has 2 aliphatic heterocycles. The van der Waals surface area contributed by atoms with Crippen LogP contribution in [0.4, 0.5) is 4.79 Å². The van der Waals surface area contributed by atoms with Crippen molar-refractivity contribution >= 4 is 28.9 Å². The van der Waals surface area contributed by atoms with Gasteiger partial charge in [0.15, 0.2) is 0 Å². The van der Waals surface area contributed by atoms with Crippen LogP contribution in [-0.2, 0) is 29.1 Å². The van der Waals surface area contributed by atoms with Gasteiger partial charge in [-0.3, -0.25) is 14.5 Å². The van der Waals surface area contributed by atoms with Crippen molar-refractivity contribution < 1.29 is 19.5 Å². The highest BCUT2D eigenvalue weighted by Gasteiger charge is 2.47. The summed E-state index contributed by atoms with van der Waals surface area (Å²) in [5.41, 5.74) is 4.77. The predicted octanol–water partition coefficient (Wildman–Crippen LogP) is 4.24. The fraction of sp³-hybridized carbons (Fsp3) is 0.265. The molecule has 1 saturated heterocycles. The summed E-state index contributed by atoms with van der Waals surface area (Å²) in [6, 6.07) is 20.6. The maximum atomic E-state index is 14.3. The van der Waals surface area contributed by atoms with Crippen molar-refractivity contribution in [3.8, 4) is 5.75 Å². The van der Waals surface area contributed by atoms with Crippen LogP contribution < -0.4 is 5.32 Å². The quantitative estimate of drug-likeness (QED) is 0.245. The number of nitrogens with one attached hydrogen (secondary N) is 2. The zero-order valence-electron chi connectivity index (χ0n) is 24.8. The lowest BCUT2D eigenvalue weighted by Crippen LogP contribution is -2.68. The number of phenols is 1. The summed E-state index contributed by atoms with van der Waals surface area (Å²) in [6.07, 6.45) is 4.35. The minimum absolute atomic E-state index is 0.0923. The normalized spacial score (nSPS) is 18.4. The molecule has 4 amide bonds. The number of allylic oxidation sites excluding steroid dienone is 1. The van der Waals surface area contributed by atoms with Crippen molar-refractivity contribution in [3.05, 3.63) is 114 Å². The lowest BCUT2D eigenvalue weighted by molar-refractivity contribution is -0.160. The third kappa shape index (κ3) is 6.57. The number of phenolic OH excluding ortho intramolecular Hbond substituents is 1. The highest BCUT2D eigenvalue weighted by molar-refractivity contribution is 5.91. The second kappa shape index (κ2) is 13.0. The molecule has 0 bridgehead atoms. The highest BCUT2D eigenvalue weighted by atomic mass is 16.3. The molecular weight excluding hydrogens is 570 g/mol. The topological polar surface area (TPSA) is 135 Å². The molecule has 45 heavy (non-hydrogen) atoms. The van der Waals surface area contributed by atoms with Crippen molar-refractivity contribution in [1.29, 1.82) is 0 Å². The van der Waals surface area contributed by atoms with Gasteiger partial charge in [-0.05, 0) is 59.4 Å². The van der Waals surface area contributed by atoms with Crippen LogP contribution in [0.1, 0.15) is 36.0 Å². The average molecular weight is 606 g/mol. The SMILES string of the molecule is C=CCCC1=CN(C(=O)NCc2ccccc2)[C@H]2CN(Cc3ccc4n[nH]nc4c3)C(=O)[C@H](Cc3ccc(O)cc3)N2C(=O)C1. The molecule has 3 heterocycles. The molecule has 0 spiro atoms. The zero-order chi connectivity index (χ0) is 31.3. The number of piperazine rings is 1. The van der Waals surface area contributed by atoms with Gasteiger partial charge in [-0.1, -0.05) is 54.6 Å². The number of aromatic hydroxyl groups is 1. The number of rotatable bonds is 9. The molecule has 3 N–H and O–H groups in total. The van der Waals surface area contributed by atoms with Crippen molar-refractivity contribution in [1.82, 2.24) is 35.4 Å². The van der Waals surface area contributed by atoms with E-state index >= 15 is 0 Å². The summed E-state index contributed by atoms with van der Waals surface area (Å²) in [7, 11) is 0. The number of H-pyrrole nitrogens is 1. The summed E-state index contributed by atoms with van der Waals surface area (Å²) >= 11 is 0. The zero-order valence-corrected chi connectivity index (χ0v) is 24.8. The number of amides is 4. The molecular formula is C34H35N7O4. The van der Waals surface area contributed by atoms with Crippen LogP contribution in [0.3, 0.4) is 0 Å². The van der Waals surface area contributed by atoms with Gasteiger partial charge in [0.1, 0.15) is 29.0 Å². The Kier molecular flexibility index (Phi) is 8.58. The van der Waals surface area contributed by atoms with Crippen LogP contribution in [-0.4, -0.2) is 71.8 Å². The molecule has 0 radical (unpaired) electrons. The first-order valence-electron chi connectivity index (χ1n) is 15.0. The summed E-state index contributed by atoms with van der Waals surface area (Å²) in [6.45, 7) is 4.52. The summed E-state index contributed by atoms with van der Waals surface area (Å²) in [4.78, 5) is 47.1. The summed E-state index contributed by atoms with van der Waals surface area (Å²) in [5, 5.41) is 23.8. The van der Waals surface area contributed by atoms with Gasteiger partial charge in [0, 0.05) is 32.1 Å². The molecule has 0 unspecified atom stereocenters. The second-order valence-electron chi connectivity index (χ2n) is 11.4. The van der Waals surface area contributed by atoms with Gasteiger partial charge in [-0.15, -0.1) is 6.58 Å². The predicted molar refractivity (Wildman–Crippen MR) is 168 cm³/mol. The van der Waals surface area contributed by atoms with Crippen molar-refractivity contribution in [2.75, 3.05) is 6.54 Å². The Labute approximate surface area is 260 Å². The third-order valence-electron chi connectivity index (χ3n) is 8.26. The minimum atomic E-state index is -0.867. The van der Waals surface area contributed by atoms with Crippen LogP contribution in [0.25, 0.3) is 11.0 Å². The number of fused-ring (bicyclic) bond motifs is 2. The van der Waals surface area contributed by atoms with Crippen molar-refractivity contribution in [2.45, 2.75) is 51.0 Å². The molecule has 6 rings (SSSR count). The number of hydrogen-bond donors (Lipinski definition) is 3. The highest BCUT2D eigenvalue weighted by Crippen LogP contribution is 2.31. The first-order valence-corrected chi connectivity index (χ1v) is 15.0. The van der Waals surface area contributed by atoms with Crippen LogP contribution in [0.5, 0.6) is 5.75 Å². The maximum absolute atomic E-state index is 14.3. The van der Waals surface area contributed by atoms with Crippen LogP contribution in [0, 0.1) is 0 Å². The Hall–Kier alpha value is -5.45. The molecule has 11 heteroatoms. The van der Waals surface area contributed by atoms with E-state index < -0.39 is 12.2 Å². The molecule has 230 valence electrons.